The van der Waals surface area contributed by atoms with E-state index in [1.165, 1.54) is 11.3 Å². The van der Waals surface area contributed by atoms with Gasteiger partial charge in [-0.1, -0.05) is 25.1 Å². The average molecular weight is 326 g/mol. The van der Waals surface area contributed by atoms with Gasteiger partial charge < -0.3 is 5.73 Å². The van der Waals surface area contributed by atoms with Gasteiger partial charge >= 0.3 is 0 Å². The molecule has 0 aliphatic heterocycles. The number of nitrogens with two attached hydrogens (primary N) is 1. The highest BCUT2D eigenvalue weighted by Crippen LogP contribution is 2.36. The molecule has 0 unspecified atom stereocenters. The van der Waals surface area contributed by atoms with Gasteiger partial charge in [-0.05, 0) is 26.3 Å². The minimum Gasteiger partial charge on any atom is -0.326 e. The number of thiophene rings is 1. The molecule has 0 aliphatic carbocycles. The Morgan fingerprint density at radius 2 is 1.95 bits per heavy atom. The van der Waals surface area contributed by atoms with Crippen molar-refractivity contribution < 1.29 is 8.42 Å². The number of sulfonamides is 1. The summed E-state index contributed by atoms with van der Waals surface area (Å²) in [4.78, 5) is 1.13. The molecule has 0 spiro atoms. The molecule has 2 rings (SSSR count). The molecule has 0 saturated carbocycles. The quantitative estimate of drug-likeness (QED) is 0.887. The van der Waals surface area contributed by atoms with Crippen LogP contribution in [0.2, 0.25) is 0 Å². The van der Waals surface area contributed by atoms with Gasteiger partial charge in [-0.15, -0.1) is 11.3 Å². The van der Waals surface area contributed by atoms with Crippen molar-refractivity contribution >= 4 is 31.4 Å². The minimum absolute atomic E-state index is 0.0702. The van der Waals surface area contributed by atoms with Crippen LogP contribution < -0.4 is 5.73 Å². The van der Waals surface area contributed by atoms with Crippen molar-refractivity contribution in [1.29, 1.82) is 0 Å². The summed E-state index contributed by atoms with van der Waals surface area (Å²) in [6.45, 7) is 6.56. The number of rotatable bonds is 6. The monoisotopic (exact) mass is 326 g/mol. The molecular formula is C15H22N2O2S2. The molecule has 0 atom stereocenters. The Kier molecular flexibility index (Phi) is 5.03. The predicted molar refractivity (Wildman–Crippen MR) is 89.0 cm³/mol. The second kappa shape index (κ2) is 6.44. The lowest BCUT2D eigenvalue weighted by Gasteiger charge is -2.25. The standard InChI is InChI=1S/C15H22N2O2S2/c1-4-9-17(11(2)3)21(18,19)15-12-7-5-6-8-13(12)20-14(15)10-16/h5-8,11H,4,9-10,16H2,1-3H3. The third-order valence-corrected chi connectivity index (χ3v) is 6.92. The fourth-order valence-electron chi connectivity index (χ4n) is 2.48. The molecule has 1 heterocycles. The van der Waals surface area contributed by atoms with E-state index in [0.717, 1.165) is 21.4 Å². The number of hydrogen-bond acceptors (Lipinski definition) is 4. The van der Waals surface area contributed by atoms with Crippen molar-refractivity contribution in [2.75, 3.05) is 6.54 Å². The Bertz CT molecular complexity index is 720. The van der Waals surface area contributed by atoms with Crippen molar-refractivity contribution in [2.45, 2.75) is 44.7 Å². The lowest BCUT2D eigenvalue weighted by Crippen LogP contribution is -2.37. The molecule has 1 aromatic heterocycles. The number of benzene rings is 1. The number of hydrogen-bond donors (Lipinski definition) is 1. The highest BCUT2D eigenvalue weighted by Gasteiger charge is 2.31. The van der Waals surface area contributed by atoms with E-state index in [1.54, 1.807) is 4.31 Å². The topological polar surface area (TPSA) is 63.4 Å². The first-order valence-electron chi connectivity index (χ1n) is 7.15. The van der Waals surface area contributed by atoms with Gasteiger partial charge in [0.2, 0.25) is 10.0 Å². The van der Waals surface area contributed by atoms with Crippen molar-refractivity contribution in [3.05, 3.63) is 29.1 Å². The van der Waals surface area contributed by atoms with Gasteiger partial charge in [-0.25, -0.2) is 8.42 Å². The first-order chi connectivity index (χ1) is 9.93. The zero-order valence-electron chi connectivity index (χ0n) is 12.7. The van der Waals surface area contributed by atoms with Crippen LogP contribution in [0.4, 0.5) is 0 Å². The highest BCUT2D eigenvalue weighted by molar-refractivity contribution is 7.89. The maximum Gasteiger partial charge on any atom is 0.245 e. The van der Waals surface area contributed by atoms with E-state index < -0.39 is 10.0 Å². The van der Waals surface area contributed by atoms with Crippen molar-refractivity contribution in [3.63, 3.8) is 0 Å². The smallest absolute Gasteiger partial charge is 0.245 e. The minimum atomic E-state index is -3.52. The molecule has 116 valence electrons. The summed E-state index contributed by atoms with van der Waals surface area (Å²) >= 11 is 1.47. The fourth-order valence-corrected chi connectivity index (χ4v) is 6.01. The Hall–Kier alpha value is -0.950. The van der Waals surface area contributed by atoms with Crippen LogP contribution in [0.25, 0.3) is 10.1 Å². The molecule has 0 aliphatic rings. The van der Waals surface area contributed by atoms with Gasteiger partial charge in [0.25, 0.3) is 0 Å². The van der Waals surface area contributed by atoms with E-state index in [4.69, 9.17) is 5.73 Å². The lowest BCUT2D eigenvalue weighted by molar-refractivity contribution is 0.354. The molecule has 2 aromatic rings. The Labute approximate surface area is 130 Å². The van der Waals surface area contributed by atoms with E-state index in [1.807, 2.05) is 45.0 Å². The SMILES string of the molecule is CCCN(C(C)C)S(=O)(=O)c1c(CN)sc2ccccc12. The summed E-state index contributed by atoms with van der Waals surface area (Å²) in [5, 5.41) is 0.782. The van der Waals surface area contributed by atoms with E-state index in [9.17, 15) is 8.42 Å². The summed E-state index contributed by atoms with van der Waals surface area (Å²) in [6.07, 6.45) is 0.789. The molecule has 0 radical (unpaired) electrons. The van der Waals surface area contributed by atoms with Crippen LogP contribution in [0.1, 0.15) is 32.1 Å². The van der Waals surface area contributed by atoms with E-state index in [0.29, 0.717) is 11.4 Å². The van der Waals surface area contributed by atoms with Gasteiger partial charge in [0, 0.05) is 34.1 Å². The number of nitrogens with zero attached hydrogens (tertiary/aromatic N) is 1. The molecule has 1 aromatic carbocycles. The normalized spacial score (nSPS) is 12.7. The van der Waals surface area contributed by atoms with Gasteiger partial charge in [0.15, 0.2) is 0 Å². The van der Waals surface area contributed by atoms with Crippen LogP contribution in [0, 0.1) is 0 Å². The largest absolute Gasteiger partial charge is 0.326 e. The van der Waals surface area contributed by atoms with Crippen molar-refractivity contribution in [3.8, 4) is 0 Å². The van der Waals surface area contributed by atoms with Crippen LogP contribution in [0.3, 0.4) is 0 Å². The van der Waals surface area contributed by atoms with Gasteiger partial charge in [-0.3, -0.25) is 0 Å². The maximum absolute atomic E-state index is 13.1. The molecule has 6 heteroatoms. The molecule has 0 bridgehead atoms. The third kappa shape index (κ3) is 2.99. The van der Waals surface area contributed by atoms with Crippen LogP contribution in [0.5, 0.6) is 0 Å². The van der Waals surface area contributed by atoms with Crippen LogP contribution in [-0.2, 0) is 16.6 Å². The fraction of sp³-hybridized carbons (Fsp3) is 0.467. The summed E-state index contributed by atoms with van der Waals surface area (Å²) in [5.74, 6) is 0. The molecule has 2 N–H and O–H groups in total. The van der Waals surface area contributed by atoms with Gasteiger partial charge in [0.1, 0.15) is 4.90 Å². The first-order valence-corrected chi connectivity index (χ1v) is 9.41. The Morgan fingerprint density at radius 3 is 2.52 bits per heavy atom. The van der Waals surface area contributed by atoms with Crippen LogP contribution >= 0.6 is 11.3 Å². The zero-order chi connectivity index (χ0) is 15.6. The summed E-state index contributed by atoms with van der Waals surface area (Å²) in [7, 11) is -3.52. The Morgan fingerprint density at radius 1 is 1.29 bits per heavy atom. The molecule has 0 amide bonds. The molecule has 0 fully saturated rings. The van der Waals surface area contributed by atoms with Crippen LogP contribution in [-0.4, -0.2) is 25.3 Å². The summed E-state index contributed by atoms with van der Waals surface area (Å²) in [5.41, 5.74) is 5.79. The van der Waals surface area contributed by atoms with E-state index >= 15 is 0 Å². The lowest BCUT2D eigenvalue weighted by atomic mass is 10.2. The third-order valence-electron chi connectivity index (χ3n) is 3.39. The highest BCUT2D eigenvalue weighted by atomic mass is 32.2. The van der Waals surface area contributed by atoms with Crippen molar-refractivity contribution in [1.82, 2.24) is 4.31 Å². The van der Waals surface area contributed by atoms with E-state index in [2.05, 4.69) is 0 Å². The summed E-state index contributed by atoms with van der Waals surface area (Å²) < 4.78 is 28.7. The number of fused-ring (bicyclic) bond motifs is 1. The average Bonchev–Trinajstić information content (AvgIpc) is 2.83. The molecular weight excluding hydrogens is 304 g/mol. The van der Waals surface area contributed by atoms with Crippen molar-refractivity contribution in [2.24, 2.45) is 5.73 Å². The Balaban J connectivity index is 2.68. The first kappa shape index (κ1) is 16.4. The maximum atomic E-state index is 13.1. The van der Waals surface area contributed by atoms with E-state index in [-0.39, 0.29) is 12.6 Å². The van der Waals surface area contributed by atoms with Gasteiger partial charge in [0.05, 0.1) is 0 Å². The van der Waals surface area contributed by atoms with Gasteiger partial charge in [-0.2, -0.15) is 4.31 Å². The van der Waals surface area contributed by atoms with Crippen LogP contribution in [0.15, 0.2) is 29.2 Å². The predicted octanol–water partition coefficient (Wildman–Crippen LogP) is 3.17. The molecule has 4 nitrogen and oxygen atoms in total. The summed E-state index contributed by atoms with van der Waals surface area (Å²) in [6, 6.07) is 7.52. The second-order valence-corrected chi connectivity index (χ2v) is 8.23. The second-order valence-electron chi connectivity index (χ2n) is 5.26. The molecule has 0 saturated heterocycles. The zero-order valence-corrected chi connectivity index (χ0v) is 14.3. The molecule has 21 heavy (non-hydrogen) atoms.